The van der Waals surface area contributed by atoms with E-state index in [9.17, 15) is 4.39 Å². The Morgan fingerprint density at radius 1 is 1.39 bits per heavy atom. The number of halogens is 1. The molecule has 1 aromatic carbocycles. The Hall–Kier alpha value is -0.930. The van der Waals surface area contributed by atoms with Crippen LogP contribution in [-0.2, 0) is 11.2 Å². The Morgan fingerprint density at radius 2 is 2.06 bits per heavy atom. The highest BCUT2D eigenvalue weighted by Crippen LogP contribution is 2.36. The van der Waals surface area contributed by atoms with Gasteiger partial charge >= 0.3 is 0 Å². The van der Waals surface area contributed by atoms with Crippen molar-refractivity contribution < 1.29 is 9.13 Å². The van der Waals surface area contributed by atoms with Gasteiger partial charge in [0.1, 0.15) is 5.82 Å². The number of aryl methyl sites for hydroxylation is 1. The lowest BCUT2D eigenvalue weighted by atomic mass is 9.87. The standard InChI is InChI=1S/C15H22FNO/c1-11-9-13(16)6-5-12(11)10-14(17)15(18-2)7-3-4-8-15/h5-6,9,14H,3-4,7-8,10,17H2,1-2H3. The van der Waals surface area contributed by atoms with Gasteiger partial charge in [-0.05, 0) is 49.4 Å². The van der Waals surface area contributed by atoms with E-state index in [0.717, 1.165) is 30.4 Å². The topological polar surface area (TPSA) is 35.2 Å². The minimum Gasteiger partial charge on any atom is -0.377 e. The Kier molecular flexibility index (Phi) is 4.03. The smallest absolute Gasteiger partial charge is 0.123 e. The summed E-state index contributed by atoms with van der Waals surface area (Å²) in [6.07, 6.45) is 5.18. The quantitative estimate of drug-likeness (QED) is 0.893. The van der Waals surface area contributed by atoms with Crippen molar-refractivity contribution in [2.24, 2.45) is 5.73 Å². The van der Waals surface area contributed by atoms with Crippen LogP contribution in [0, 0.1) is 12.7 Å². The summed E-state index contributed by atoms with van der Waals surface area (Å²) >= 11 is 0. The van der Waals surface area contributed by atoms with Gasteiger partial charge in [-0.15, -0.1) is 0 Å². The first-order valence-corrected chi connectivity index (χ1v) is 6.63. The third-order valence-corrected chi connectivity index (χ3v) is 4.28. The predicted octanol–water partition coefficient (Wildman–Crippen LogP) is 2.96. The number of hydrogen-bond donors (Lipinski definition) is 1. The van der Waals surface area contributed by atoms with Crippen molar-refractivity contribution in [1.29, 1.82) is 0 Å². The van der Waals surface area contributed by atoms with Crippen LogP contribution in [0.15, 0.2) is 18.2 Å². The van der Waals surface area contributed by atoms with Crippen molar-refractivity contribution >= 4 is 0 Å². The summed E-state index contributed by atoms with van der Waals surface area (Å²) in [5, 5.41) is 0. The normalized spacial score (nSPS) is 20.0. The largest absolute Gasteiger partial charge is 0.377 e. The number of ether oxygens (including phenoxy) is 1. The van der Waals surface area contributed by atoms with Gasteiger partial charge in [0, 0.05) is 13.2 Å². The molecule has 0 amide bonds. The van der Waals surface area contributed by atoms with Crippen molar-refractivity contribution in [1.82, 2.24) is 0 Å². The molecule has 3 heteroatoms. The molecule has 1 fully saturated rings. The SMILES string of the molecule is COC1(C(N)Cc2ccc(F)cc2C)CCCC1. The highest BCUT2D eigenvalue weighted by molar-refractivity contribution is 5.28. The molecule has 0 radical (unpaired) electrons. The van der Waals surface area contributed by atoms with E-state index in [1.54, 1.807) is 13.2 Å². The van der Waals surface area contributed by atoms with Crippen molar-refractivity contribution in [3.63, 3.8) is 0 Å². The van der Waals surface area contributed by atoms with Crippen molar-refractivity contribution in [2.45, 2.75) is 50.7 Å². The van der Waals surface area contributed by atoms with Gasteiger partial charge < -0.3 is 10.5 Å². The highest BCUT2D eigenvalue weighted by Gasteiger charge is 2.39. The third-order valence-electron chi connectivity index (χ3n) is 4.28. The summed E-state index contributed by atoms with van der Waals surface area (Å²) in [6, 6.07) is 4.89. The highest BCUT2D eigenvalue weighted by atomic mass is 19.1. The van der Waals surface area contributed by atoms with Gasteiger partial charge in [0.25, 0.3) is 0 Å². The molecule has 1 aliphatic carbocycles. The third kappa shape index (κ3) is 2.57. The van der Waals surface area contributed by atoms with Crippen molar-refractivity contribution in [3.8, 4) is 0 Å². The van der Waals surface area contributed by atoms with E-state index < -0.39 is 0 Å². The molecule has 0 heterocycles. The van der Waals surface area contributed by atoms with Crippen LogP contribution in [0.5, 0.6) is 0 Å². The molecule has 2 N–H and O–H groups in total. The zero-order valence-corrected chi connectivity index (χ0v) is 11.2. The summed E-state index contributed by atoms with van der Waals surface area (Å²) in [4.78, 5) is 0. The molecule has 100 valence electrons. The molecular formula is C15H22FNO. The molecule has 1 aromatic rings. The van der Waals surface area contributed by atoms with Gasteiger partial charge in [-0.1, -0.05) is 18.9 Å². The number of methoxy groups -OCH3 is 1. The molecule has 0 aliphatic heterocycles. The molecular weight excluding hydrogens is 229 g/mol. The average Bonchev–Trinajstić information content (AvgIpc) is 2.82. The number of hydrogen-bond acceptors (Lipinski definition) is 2. The summed E-state index contributed by atoms with van der Waals surface area (Å²) < 4.78 is 18.8. The number of benzene rings is 1. The molecule has 0 saturated heterocycles. The Labute approximate surface area is 108 Å². The van der Waals surface area contributed by atoms with Crippen molar-refractivity contribution in [3.05, 3.63) is 35.1 Å². The van der Waals surface area contributed by atoms with Crippen LogP contribution in [-0.4, -0.2) is 18.8 Å². The van der Waals surface area contributed by atoms with E-state index in [2.05, 4.69) is 0 Å². The van der Waals surface area contributed by atoms with Crippen LogP contribution >= 0.6 is 0 Å². The van der Waals surface area contributed by atoms with Gasteiger partial charge in [-0.2, -0.15) is 0 Å². The van der Waals surface area contributed by atoms with E-state index in [0.29, 0.717) is 0 Å². The van der Waals surface area contributed by atoms with Crippen molar-refractivity contribution in [2.75, 3.05) is 7.11 Å². The lowest BCUT2D eigenvalue weighted by Crippen LogP contribution is -2.48. The summed E-state index contributed by atoms with van der Waals surface area (Å²) in [5.41, 5.74) is 8.25. The first kappa shape index (κ1) is 13.5. The van der Waals surface area contributed by atoms with E-state index in [1.165, 1.54) is 18.9 Å². The molecule has 1 saturated carbocycles. The second kappa shape index (κ2) is 5.37. The predicted molar refractivity (Wildman–Crippen MR) is 71.0 cm³/mol. The molecule has 2 nitrogen and oxygen atoms in total. The van der Waals surface area contributed by atoms with Gasteiger partial charge in [0.05, 0.1) is 5.60 Å². The first-order chi connectivity index (χ1) is 8.57. The Bertz CT molecular complexity index is 413. The minimum atomic E-state index is -0.188. The lowest BCUT2D eigenvalue weighted by molar-refractivity contribution is -0.0253. The first-order valence-electron chi connectivity index (χ1n) is 6.63. The molecule has 2 rings (SSSR count). The lowest BCUT2D eigenvalue weighted by Gasteiger charge is -2.34. The fourth-order valence-electron chi connectivity index (χ4n) is 3.01. The van der Waals surface area contributed by atoms with Crippen LogP contribution < -0.4 is 5.73 Å². The summed E-state index contributed by atoms with van der Waals surface area (Å²) in [5.74, 6) is -0.188. The molecule has 1 aliphatic rings. The van der Waals surface area contributed by atoms with Crippen LogP contribution in [0.25, 0.3) is 0 Å². The zero-order valence-electron chi connectivity index (χ0n) is 11.2. The van der Waals surface area contributed by atoms with Crippen LogP contribution in [0.3, 0.4) is 0 Å². The molecule has 1 unspecified atom stereocenters. The number of nitrogens with two attached hydrogens (primary N) is 1. The Morgan fingerprint density at radius 3 is 2.61 bits per heavy atom. The minimum absolute atomic E-state index is 0.0193. The molecule has 1 atom stereocenters. The van der Waals surface area contributed by atoms with Gasteiger partial charge in [0.2, 0.25) is 0 Å². The Balaban J connectivity index is 2.12. The van der Waals surface area contributed by atoms with Crippen LogP contribution in [0.1, 0.15) is 36.8 Å². The maximum atomic E-state index is 13.1. The maximum absolute atomic E-state index is 13.1. The summed E-state index contributed by atoms with van der Waals surface area (Å²) in [7, 11) is 1.75. The zero-order chi connectivity index (χ0) is 13.2. The molecule has 0 aromatic heterocycles. The average molecular weight is 251 g/mol. The fraction of sp³-hybridized carbons (Fsp3) is 0.600. The van der Waals surface area contributed by atoms with E-state index >= 15 is 0 Å². The summed E-state index contributed by atoms with van der Waals surface area (Å²) in [6.45, 7) is 1.93. The van der Waals surface area contributed by atoms with Gasteiger partial charge in [-0.25, -0.2) is 4.39 Å². The van der Waals surface area contributed by atoms with E-state index in [-0.39, 0.29) is 17.5 Å². The van der Waals surface area contributed by atoms with E-state index in [1.807, 2.05) is 13.0 Å². The molecule has 0 spiro atoms. The van der Waals surface area contributed by atoms with Crippen LogP contribution in [0.4, 0.5) is 4.39 Å². The van der Waals surface area contributed by atoms with E-state index in [4.69, 9.17) is 10.5 Å². The monoisotopic (exact) mass is 251 g/mol. The van der Waals surface area contributed by atoms with Gasteiger partial charge in [-0.3, -0.25) is 0 Å². The molecule has 18 heavy (non-hydrogen) atoms. The van der Waals surface area contributed by atoms with Gasteiger partial charge in [0.15, 0.2) is 0 Å². The molecule has 0 bridgehead atoms. The number of rotatable bonds is 4. The maximum Gasteiger partial charge on any atom is 0.123 e. The fourth-order valence-corrected chi connectivity index (χ4v) is 3.01. The second-order valence-corrected chi connectivity index (χ2v) is 5.36. The van der Waals surface area contributed by atoms with Crippen LogP contribution in [0.2, 0.25) is 0 Å². The second-order valence-electron chi connectivity index (χ2n) is 5.36.